The number of aliphatic hydroxyl groups excluding tert-OH is 8. The van der Waals surface area contributed by atoms with Crippen LogP contribution in [0.5, 0.6) is 0 Å². The Balaban J connectivity index is 1.23. The molecule has 18 atom stereocenters. The molecular weight excluding hydrogens is 744 g/mol. The number of carboxylic acid groups (broad SMARTS) is 1. The minimum absolute atomic E-state index is 0.0600. The van der Waals surface area contributed by atoms with Crippen LogP contribution in [0.2, 0.25) is 0 Å². The van der Waals surface area contributed by atoms with Crippen LogP contribution in [0.1, 0.15) is 99.3 Å². The third-order valence-electron chi connectivity index (χ3n) is 16.7. The predicted molar refractivity (Wildman–Crippen MR) is 199 cm³/mol. The maximum Gasteiger partial charge on any atom is 0.318 e. The van der Waals surface area contributed by atoms with Gasteiger partial charge in [-0.15, -0.1) is 0 Å². The van der Waals surface area contributed by atoms with E-state index < -0.39 is 114 Å². The number of allylic oxidation sites excluding steroid dienone is 3. The molecule has 9 N–H and O–H groups in total. The molecular formula is C42H64O15. The minimum Gasteiger partial charge on any atom is -0.481 e. The van der Waals surface area contributed by atoms with Crippen LogP contribution < -0.4 is 0 Å². The first-order chi connectivity index (χ1) is 26.6. The number of aliphatic carboxylic acids is 1. The molecule has 7 rings (SSSR count). The Morgan fingerprint density at radius 3 is 1.91 bits per heavy atom. The molecule has 57 heavy (non-hydrogen) atoms. The summed E-state index contributed by atoms with van der Waals surface area (Å²) in [5, 5.41) is 93.6. The van der Waals surface area contributed by atoms with Crippen LogP contribution in [0.15, 0.2) is 23.3 Å². The number of fused-ring (bicyclic) bond motifs is 6. The molecule has 322 valence electrons. The van der Waals surface area contributed by atoms with Crippen LogP contribution in [0, 0.1) is 44.3 Å². The van der Waals surface area contributed by atoms with Crippen molar-refractivity contribution < 1.29 is 74.5 Å². The Morgan fingerprint density at radius 1 is 0.737 bits per heavy atom. The smallest absolute Gasteiger partial charge is 0.318 e. The summed E-state index contributed by atoms with van der Waals surface area (Å²) in [5.41, 5.74) is -1.80. The summed E-state index contributed by atoms with van der Waals surface area (Å²) in [6.45, 7) is 11.5. The Bertz CT molecular complexity index is 1640. The summed E-state index contributed by atoms with van der Waals surface area (Å²) in [4.78, 5) is 28.0. The molecule has 0 unspecified atom stereocenters. The molecule has 2 aliphatic heterocycles. The topological polar surface area (TPSA) is 253 Å². The van der Waals surface area contributed by atoms with Gasteiger partial charge in [-0.05, 0) is 109 Å². The van der Waals surface area contributed by atoms with E-state index in [1.807, 2.05) is 0 Å². The molecule has 0 radical (unpaired) electrons. The highest BCUT2D eigenvalue weighted by Gasteiger charge is 2.70. The van der Waals surface area contributed by atoms with Gasteiger partial charge in [0.25, 0.3) is 0 Å². The van der Waals surface area contributed by atoms with Gasteiger partial charge in [0.05, 0.1) is 30.1 Å². The normalized spacial score (nSPS) is 51.9. The molecule has 15 heteroatoms. The third kappa shape index (κ3) is 6.23. The maximum atomic E-state index is 14.5. The summed E-state index contributed by atoms with van der Waals surface area (Å²) < 4.78 is 23.4. The lowest BCUT2D eigenvalue weighted by molar-refractivity contribution is -0.328. The van der Waals surface area contributed by atoms with Gasteiger partial charge in [0.15, 0.2) is 6.29 Å². The van der Waals surface area contributed by atoms with Gasteiger partial charge >= 0.3 is 11.9 Å². The lowest BCUT2D eigenvalue weighted by atomic mass is 9.35. The minimum atomic E-state index is -1.72. The van der Waals surface area contributed by atoms with Crippen molar-refractivity contribution in [1.82, 2.24) is 0 Å². The molecule has 5 aliphatic carbocycles. The fourth-order valence-electron chi connectivity index (χ4n) is 12.8. The molecule has 3 saturated carbocycles. The Kier molecular flexibility index (Phi) is 11.0. The number of carboxylic acids is 1. The van der Waals surface area contributed by atoms with E-state index >= 15 is 0 Å². The lowest BCUT2D eigenvalue weighted by Gasteiger charge is -2.69. The van der Waals surface area contributed by atoms with Gasteiger partial charge in [-0.25, -0.2) is 0 Å². The van der Waals surface area contributed by atoms with E-state index in [1.165, 1.54) is 0 Å². The molecule has 15 nitrogen and oxygen atoms in total. The van der Waals surface area contributed by atoms with Crippen LogP contribution in [0.25, 0.3) is 0 Å². The number of carbonyl (C=O) groups is 2. The Labute approximate surface area is 333 Å². The van der Waals surface area contributed by atoms with Crippen LogP contribution in [0.3, 0.4) is 0 Å². The predicted octanol–water partition coefficient (Wildman–Crippen LogP) is 1.30. The van der Waals surface area contributed by atoms with E-state index in [0.29, 0.717) is 51.4 Å². The monoisotopic (exact) mass is 808 g/mol. The average Bonchev–Trinajstić information content (AvgIpc) is 3.16. The highest BCUT2D eigenvalue weighted by molar-refractivity contribution is 5.82. The number of carbonyl (C=O) groups excluding carboxylic acids is 1. The van der Waals surface area contributed by atoms with Gasteiger partial charge < -0.3 is 64.9 Å². The molecule has 0 aromatic heterocycles. The molecule has 2 heterocycles. The number of ether oxygens (including phenoxy) is 4. The van der Waals surface area contributed by atoms with E-state index in [1.54, 1.807) is 6.92 Å². The van der Waals surface area contributed by atoms with Gasteiger partial charge in [0, 0.05) is 0 Å². The van der Waals surface area contributed by atoms with E-state index in [-0.39, 0.29) is 22.7 Å². The average molecular weight is 809 g/mol. The van der Waals surface area contributed by atoms with Crippen molar-refractivity contribution in [2.45, 2.75) is 167 Å². The zero-order chi connectivity index (χ0) is 41.8. The SMILES string of the molecule is CC1(C)CC[C@]2(C(=O)O[C@@H]3O[C@H](CO)[C@@H](O)[C@H](O)[C@H]3O)CC[C@]3(C)C(=C2C1)C=C[C@@H]1[C@@]2(C)CC[C@H](O[C@@H]4O[C@H](CO)[C@@H](O)[C@H](O)[C@H]4O)[C@@](C)(C(=O)O)[C@@H]2CC[C@]13C. The van der Waals surface area contributed by atoms with Crippen molar-refractivity contribution in [1.29, 1.82) is 0 Å². The summed E-state index contributed by atoms with van der Waals surface area (Å²) in [6.07, 6.45) is -6.74. The summed E-state index contributed by atoms with van der Waals surface area (Å²) >= 11 is 0. The highest BCUT2D eigenvalue weighted by atomic mass is 16.7. The fraction of sp³-hybridized carbons (Fsp3) is 0.857. The largest absolute Gasteiger partial charge is 0.481 e. The molecule has 7 aliphatic rings. The zero-order valence-corrected chi connectivity index (χ0v) is 33.9. The van der Waals surface area contributed by atoms with Crippen molar-refractivity contribution in [2.24, 2.45) is 44.3 Å². The van der Waals surface area contributed by atoms with E-state index in [4.69, 9.17) is 18.9 Å². The summed E-state index contributed by atoms with van der Waals surface area (Å²) in [5.74, 6) is -2.04. The number of hydrogen-bond acceptors (Lipinski definition) is 14. The van der Waals surface area contributed by atoms with Crippen molar-refractivity contribution >= 4 is 11.9 Å². The second-order valence-electron chi connectivity index (χ2n) is 20.0. The molecule has 2 saturated heterocycles. The van der Waals surface area contributed by atoms with Gasteiger partial charge in [-0.3, -0.25) is 9.59 Å². The first kappa shape index (κ1) is 43.1. The fourth-order valence-corrected chi connectivity index (χ4v) is 12.8. The molecule has 0 spiro atoms. The van der Waals surface area contributed by atoms with Crippen molar-refractivity contribution in [3.8, 4) is 0 Å². The summed E-state index contributed by atoms with van der Waals surface area (Å²) in [7, 11) is 0. The van der Waals surface area contributed by atoms with Crippen LogP contribution in [-0.4, -0.2) is 139 Å². The Morgan fingerprint density at radius 2 is 1.32 bits per heavy atom. The van der Waals surface area contributed by atoms with E-state index in [0.717, 1.165) is 17.6 Å². The lowest BCUT2D eigenvalue weighted by Crippen LogP contribution is -2.66. The van der Waals surface area contributed by atoms with Crippen molar-refractivity contribution in [3.63, 3.8) is 0 Å². The quantitative estimate of drug-likeness (QED) is 0.130. The second kappa shape index (κ2) is 14.6. The molecule has 5 fully saturated rings. The van der Waals surface area contributed by atoms with Crippen molar-refractivity contribution in [2.75, 3.05) is 13.2 Å². The number of esters is 1. The number of rotatable bonds is 7. The molecule has 0 bridgehead atoms. The standard InChI is InChI=1S/C42H64O15/c1-37(2)13-15-42(36(53)57-34-32(50)30(48)28(46)23(19-44)55-34)16-14-39(4)20(21(42)17-37)7-8-24-38(3)11-10-26(41(6,35(51)52)25(38)9-12-40(24,39)5)56-33-31(49)29(47)27(45)22(18-43)54-33/h7-8,22-34,43-50H,9-19H2,1-6H3,(H,51,52)/t22-,23-,24-,25-,26+,27-,28-,29+,30+,31-,32-,33+,34+,38-,39-,40-,41+,42+/m1/s1. The first-order valence-electron chi connectivity index (χ1n) is 20.7. The van der Waals surface area contributed by atoms with Gasteiger partial charge in [-0.2, -0.15) is 0 Å². The highest BCUT2D eigenvalue weighted by Crippen LogP contribution is 2.74. The van der Waals surface area contributed by atoms with Crippen LogP contribution >= 0.6 is 0 Å². The number of aliphatic hydroxyl groups is 8. The van der Waals surface area contributed by atoms with Gasteiger partial charge in [0.2, 0.25) is 6.29 Å². The Hall–Kier alpha value is -2.02. The summed E-state index contributed by atoms with van der Waals surface area (Å²) in [6, 6.07) is 0. The molecule has 0 aromatic rings. The number of hydrogen-bond donors (Lipinski definition) is 9. The molecule has 0 amide bonds. The zero-order valence-electron chi connectivity index (χ0n) is 33.9. The first-order valence-corrected chi connectivity index (χ1v) is 20.7. The van der Waals surface area contributed by atoms with E-state index in [9.17, 15) is 55.5 Å². The second-order valence-corrected chi connectivity index (χ2v) is 20.0. The van der Waals surface area contributed by atoms with Gasteiger partial charge in [0.1, 0.15) is 48.8 Å². The van der Waals surface area contributed by atoms with Crippen molar-refractivity contribution in [3.05, 3.63) is 23.3 Å². The molecule has 0 aromatic carbocycles. The third-order valence-corrected chi connectivity index (χ3v) is 16.7. The van der Waals surface area contributed by atoms with Crippen LogP contribution in [-0.2, 0) is 28.5 Å². The van der Waals surface area contributed by atoms with Gasteiger partial charge in [-0.1, -0.05) is 46.8 Å². The van der Waals surface area contributed by atoms with Crippen LogP contribution in [0.4, 0.5) is 0 Å². The van der Waals surface area contributed by atoms with E-state index in [2.05, 4.69) is 46.8 Å². The maximum absolute atomic E-state index is 14.5.